The molecule has 2 aromatic rings. The van der Waals surface area contributed by atoms with Crippen molar-refractivity contribution < 1.29 is 18.0 Å². The Labute approximate surface area is 104 Å². The molecule has 0 fully saturated rings. The number of sulfone groups is 1. The van der Waals surface area contributed by atoms with Gasteiger partial charge in [-0.05, 0) is 25.1 Å². The average Bonchev–Trinajstić information content (AvgIpc) is 2.79. The van der Waals surface area contributed by atoms with Gasteiger partial charge in [0.1, 0.15) is 0 Å². The van der Waals surface area contributed by atoms with E-state index < -0.39 is 26.0 Å². The maximum absolute atomic E-state index is 12.1. The fraction of sp³-hybridized carbons (Fsp3) is 0.0909. The van der Waals surface area contributed by atoms with E-state index in [1.165, 1.54) is 12.1 Å². The second-order valence-electron chi connectivity index (χ2n) is 3.68. The van der Waals surface area contributed by atoms with Gasteiger partial charge in [0, 0.05) is 6.07 Å². The van der Waals surface area contributed by atoms with Crippen molar-refractivity contribution in [3.63, 3.8) is 0 Å². The molecule has 2 rings (SSSR count). The van der Waals surface area contributed by atoms with Crippen molar-refractivity contribution in [1.82, 2.24) is 0 Å². The van der Waals surface area contributed by atoms with E-state index in [-0.39, 0.29) is 4.90 Å². The highest BCUT2D eigenvalue weighted by Crippen LogP contribution is 2.26. The quantitative estimate of drug-likeness (QED) is 0.857. The fourth-order valence-corrected chi connectivity index (χ4v) is 2.56. The molecular formula is C11H10NO5S-. The molecule has 0 saturated heterocycles. The fourth-order valence-electron chi connectivity index (χ4n) is 1.39. The molecule has 0 aliphatic carbocycles. The first-order valence-corrected chi connectivity index (χ1v) is 6.47. The zero-order valence-corrected chi connectivity index (χ0v) is 10.2. The van der Waals surface area contributed by atoms with Gasteiger partial charge in [0.15, 0.2) is 0 Å². The molecule has 1 N–H and O–H groups in total. The Hall–Kier alpha value is -1.83. The lowest BCUT2D eigenvalue weighted by Crippen LogP contribution is -2.05. The van der Waals surface area contributed by atoms with Crippen LogP contribution in [0.2, 0.25) is 0 Å². The molecule has 18 heavy (non-hydrogen) atoms. The largest absolute Gasteiger partial charge is 0.731 e. The number of nitrogens with zero attached hydrogens (tertiary/aromatic N) is 1. The normalized spacial score (nSPS) is 11.5. The Bertz CT molecular complexity index is 642. The van der Waals surface area contributed by atoms with E-state index in [2.05, 4.69) is 0 Å². The number of rotatable bonds is 3. The summed E-state index contributed by atoms with van der Waals surface area (Å²) in [5.41, 5.74) is 0.926. The number of anilines is 1. The van der Waals surface area contributed by atoms with Crippen molar-refractivity contribution in [2.45, 2.75) is 16.9 Å². The van der Waals surface area contributed by atoms with Crippen molar-refractivity contribution in [2.24, 2.45) is 0 Å². The summed E-state index contributed by atoms with van der Waals surface area (Å²) >= 11 is 0. The molecule has 7 heteroatoms. The molecule has 0 aliphatic rings. The molecule has 0 unspecified atom stereocenters. The summed E-state index contributed by atoms with van der Waals surface area (Å²) in [5.74, 6) is -0.485. The van der Waals surface area contributed by atoms with Crippen LogP contribution in [-0.2, 0) is 9.84 Å². The third kappa shape index (κ3) is 2.23. The smallest absolute Gasteiger partial charge is 0.239 e. The van der Waals surface area contributed by atoms with Gasteiger partial charge in [-0.25, -0.2) is 8.42 Å². The molecule has 0 bridgehead atoms. The lowest BCUT2D eigenvalue weighted by Gasteiger charge is -2.16. The third-order valence-electron chi connectivity index (χ3n) is 2.35. The van der Waals surface area contributed by atoms with Gasteiger partial charge < -0.3 is 9.62 Å². The van der Waals surface area contributed by atoms with Crippen molar-refractivity contribution in [3.8, 4) is 0 Å². The third-order valence-corrected chi connectivity index (χ3v) is 3.99. The van der Waals surface area contributed by atoms with E-state index in [9.17, 15) is 13.6 Å². The summed E-state index contributed by atoms with van der Waals surface area (Å²) in [7, 11) is -3.81. The number of hydrogen-bond donors (Lipinski definition) is 1. The van der Waals surface area contributed by atoms with Gasteiger partial charge in [-0.2, -0.15) is 0 Å². The van der Waals surface area contributed by atoms with E-state index >= 15 is 0 Å². The summed E-state index contributed by atoms with van der Waals surface area (Å²) in [4.78, 5) is 0.0596. The summed E-state index contributed by atoms with van der Waals surface area (Å²) in [5, 5.41) is 18.2. The minimum Gasteiger partial charge on any atom is -0.731 e. The maximum atomic E-state index is 12.1. The predicted molar refractivity (Wildman–Crippen MR) is 63.0 cm³/mol. The molecular weight excluding hydrogens is 258 g/mol. The van der Waals surface area contributed by atoms with Gasteiger partial charge in [-0.15, -0.1) is 0 Å². The van der Waals surface area contributed by atoms with Crippen LogP contribution < -0.4 is 5.23 Å². The van der Waals surface area contributed by atoms with Crippen molar-refractivity contribution in [2.75, 3.05) is 5.23 Å². The van der Waals surface area contributed by atoms with E-state index in [0.29, 0.717) is 0 Å². The van der Waals surface area contributed by atoms with E-state index in [1.54, 1.807) is 12.1 Å². The van der Waals surface area contributed by atoms with Crippen LogP contribution in [0.25, 0.3) is 0 Å². The highest BCUT2D eigenvalue weighted by atomic mass is 32.2. The van der Waals surface area contributed by atoms with Crippen molar-refractivity contribution >= 4 is 15.7 Å². The van der Waals surface area contributed by atoms with E-state index in [1.807, 2.05) is 6.92 Å². The standard InChI is InChI=1S/C11H10NO5S/c1-8-2-4-9(5-3-8)18(15,16)11-7-6-10(17-11)12(13)14/h2-7,13H,1H3/q-1. The highest BCUT2D eigenvalue weighted by molar-refractivity contribution is 7.91. The SMILES string of the molecule is Cc1ccc(S(=O)(=O)c2ccc(N([O-])O)o2)cc1. The molecule has 96 valence electrons. The lowest BCUT2D eigenvalue weighted by atomic mass is 10.2. The van der Waals surface area contributed by atoms with Crippen LogP contribution >= 0.6 is 0 Å². The van der Waals surface area contributed by atoms with Gasteiger partial charge in [0.2, 0.25) is 20.8 Å². The number of hydrogen-bond acceptors (Lipinski definition) is 6. The molecule has 0 radical (unpaired) electrons. The second-order valence-corrected chi connectivity index (χ2v) is 5.56. The predicted octanol–water partition coefficient (Wildman–Crippen LogP) is 2.11. The van der Waals surface area contributed by atoms with Crippen LogP contribution in [-0.4, -0.2) is 13.6 Å². The molecule has 0 amide bonds. The first-order valence-electron chi connectivity index (χ1n) is 4.99. The van der Waals surface area contributed by atoms with Crippen LogP contribution in [0.1, 0.15) is 5.56 Å². The minimum absolute atomic E-state index is 0.0596. The van der Waals surface area contributed by atoms with E-state index in [0.717, 1.165) is 17.7 Å². The van der Waals surface area contributed by atoms with Crippen LogP contribution in [0.3, 0.4) is 0 Å². The molecule has 1 aromatic heterocycles. The van der Waals surface area contributed by atoms with Gasteiger partial charge >= 0.3 is 0 Å². The summed E-state index contributed by atoms with van der Waals surface area (Å²) in [6.07, 6.45) is 0. The Morgan fingerprint density at radius 1 is 1.17 bits per heavy atom. The first-order chi connectivity index (χ1) is 8.41. The van der Waals surface area contributed by atoms with Crippen molar-refractivity contribution in [1.29, 1.82) is 0 Å². The van der Waals surface area contributed by atoms with Gasteiger partial charge in [0.25, 0.3) is 0 Å². The molecule has 6 nitrogen and oxygen atoms in total. The zero-order valence-electron chi connectivity index (χ0n) is 9.40. The van der Waals surface area contributed by atoms with Gasteiger partial charge in [0.05, 0.1) is 4.90 Å². The number of aryl methyl sites for hydroxylation is 1. The molecule has 0 saturated carbocycles. The highest BCUT2D eigenvalue weighted by Gasteiger charge is 2.21. The van der Waals surface area contributed by atoms with Crippen LogP contribution in [0.4, 0.5) is 5.88 Å². The monoisotopic (exact) mass is 268 g/mol. The molecule has 0 spiro atoms. The Balaban J connectivity index is 2.44. The Morgan fingerprint density at radius 2 is 1.78 bits per heavy atom. The second kappa shape index (κ2) is 4.45. The summed E-state index contributed by atoms with van der Waals surface area (Å²) < 4.78 is 28.9. The van der Waals surface area contributed by atoms with Crippen LogP contribution in [0.5, 0.6) is 0 Å². The lowest BCUT2D eigenvalue weighted by molar-refractivity contribution is 0.265. The van der Waals surface area contributed by atoms with Gasteiger partial charge in [-0.3, -0.25) is 10.4 Å². The summed E-state index contributed by atoms with van der Waals surface area (Å²) in [6, 6.07) is 8.40. The van der Waals surface area contributed by atoms with Crippen LogP contribution in [0.15, 0.2) is 50.8 Å². The minimum atomic E-state index is -3.81. The zero-order chi connectivity index (χ0) is 13.3. The van der Waals surface area contributed by atoms with Gasteiger partial charge in [-0.1, -0.05) is 17.7 Å². The number of benzene rings is 1. The molecule has 1 heterocycles. The summed E-state index contributed by atoms with van der Waals surface area (Å²) in [6.45, 7) is 1.84. The molecule has 1 aromatic carbocycles. The Kier molecular flexibility index (Phi) is 3.12. The van der Waals surface area contributed by atoms with Crippen LogP contribution in [0, 0.1) is 12.1 Å². The molecule has 0 atom stereocenters. The van der Waals surface area contributed by atoms with Crippen molar-refractivity contribution in [3.05, 3.63) is 47.2 Å². The first kappa shape index (κ1) is 12.6. The molecule has 0 aliphatic heterocycles. The Morgan fingerprint density at radius 3 is 2.28 bits per heavy atom. The average molecular weight is 268 g/mol. The topological polar surface area (TPSA) is 93.8 Å². The number of furan rings is 1. The van der Waals surface area contributed by atoms with E-state index in [4.69, 9.17) is 9.62 Å². The maximum Gasteiger partial charge on any atom is 0.239 e.